The summed E-state index contributed by atoms with van der Waals surface area (Å²) in [4.78, 5) is 4.37. The van der Waals surface area contributed by atoms with Crippen LogP contribution in [0, 0.1) is 0 Å². The minimum atomic E-state index is 0.473. The molecule has 0 aromatic carbocycles. The number of nitrogens with zero attached hydrogens (tertiary/aromatic N) is 3. The van der Waals surface area contributed by atoms with E-state index in [2.05, 4.69) is 15.4 Å². The molecule has 1 saturated carbocycles. The Hall–Kier alpha value is -1.62. The number of rotatable bonds is 5. The molecular formula is C13H18N4O. The third kappa shape index (κ3) is 2.61. The molecule has 0 spiro atoms. The van der Waals surface area contributed by atoms with Crippen molar-refractivity contribution < 1.29 is 4.74 Å². The van der Waals surface area contributed by atoms with E-state index in [0.717, 1.165) is 18.8 Å². The van der Waals surface area contributed by atoms with Crippen LogP contribution in [0.3, 0.4) is 0 Å². The second kappa shape index (κ2) is 5.35. The van der Waals surface area contributed by atoms with Crippen LogP contribution in [0.5, 0.6) is 0 Å². The van der Waals surface area contributed by atoms with E-state index in [-0.39, 0.29) is 0 Å². The molecule has 1 fully saturated rings. The monoisotopic (exact) mass is 246 g/mol. The van der Waals surface area contributed by atoms with E-state index < -0.39 is 0 Å². The van der Waals surface area contributed by atoms with Crippen molar-refractivity contribution >= 4 is 11.6 Å². The molecule has 2 aromatic rings. The minimum Gasteiger partial charge on any atom is -0.376 e. The van der Waals surface area contributed by atoms with Gasteiger partial charge in [-0.1, -0.05) is 18.9 Å². The number of anilines is 1. The number of hydrogen-bond acceptors (Lipinski definition) is 4. The van der Waals surface area contributed by atoms with Gasteiger partial charge in [0.25, 0.3) is 0 Å². The first-order valence-electron chi connectivity index (χ1n) is 6.59. The Labute approximate surface area is 106 Å². The van der Waals surface area contributed by atoms with Crippen molar-refractivity contribution in [1.29, 1.82) is 0 Å². The SMILES string of the molecule is c1ccn2nc(NCCOC3CCCC3)nc2c1. The Kier molecular flexibility index (Phi) is 3.41. The highest BCUT2D eigenvalue weighted by molar-refractivity contribution is 5.42. The smallest absolute Gasteiger partial charge is 0.243 e. The van der Waals surface area contributed by atoms with Crippen LogP contribution in [0.4, 0.5) is 5.95 Å². The molecule has 0 amide bonds. The van der Waals surface area contributed by atoms with E-state index in [1.165, 1.54) is 25.7 Å². The third-order valence-corrected chi connectivity index (χ3v) is 3.28. The van der Waals surface area contributed by atoms with Crippen molar-refractivity contribution in [1.82, 2.24) is 14.6 Å². The van der Waals surface area contributed by atoms with Crippen molar-refractivity contribution in [3.63, 3.8) is 0 Å². The standard InChI is InChI=1S/C13H18N4O/c1-2-6-11(5-1)18-10-8-14-13-15-12-7-3-4-9-17(12)16-13/h3-4,7,9,11H,1-2,5-6,8,10H2,(H,14,16). The van der Waals surface area contributed by atoms with Crippen molar-refractivity contribution in [3.05, 3.63) is 24.4 Å². The first kappa shape index (κ1) is 11.5. The lowest BCUT2D eigenvalue weighted by molar-refractivity contribution is 0.0658. The molecule has 0 saturated heterocycles. The van der Waals surface area contributed by atoms with Gasteiger partial charge in [-0.05, 0) is 25.0 Å². The number of hydrogen-bond donors (Lipinski definition) is 1. The van der Waals surface area contributed by atoms with Gasteiger partial charge >= 0.3 is 0 Å². The summed E-state index contributed by atoms with van der Waals surface area (Å²) in [7, 11) is 0. The molecular weight excluding hydrogens is 228 g/mol. The normalized spacial score (nSPS) is 16.4. The van der Waals surface area contributed by atoms with Gasteiger partial charge in [-0.2, -0.15) is 4.98 Å². The van der Waals surface area contributed by atoms with E-state index in [1.54, 1.807) is 4.52 Å². The summed E-state index contributed by atoms with van der Waals surface area (Å²) < 4.78 is 7.54. The fourth-order valence-electron chi connectivity index (χ4n) is 2.35. The molecule has 0 aliphatic heterocycles. The van der Waals surface area contributed by atoms with Gasteiger partial charge in [0.15, 0.2) is 5.65 Å². The number of nitrogens with one attached hydrogen (secondary N) is 1. The van der Waals surface area contributed by atoms with Crippen LogP contribution < -0.4 is 5.32 Å². The first-order valence-corrected chi connectivity index (χ1v) is 6.59. The highest BCUT2D eigenvalue weighted by atomic mass is 16.5. The second-order valence-corrected chi connectivity index (χ2v) is 4.64. The lowest BCUT2D eigenvalue weighted by Crippen LogP contribution is -2.15. The van der Waals surface area contributed by atoms with Crippen LogP contribution in [-0.4, -0.2) is 33.9 Å². The highest BCUT2D eigenvalue weighted by Crippen LogP contribution is 2.20. The minimum absolute atomic E-state index is 0.473. The van der Waals surface area contributed by atoms with Crippen LogP contribution in [0.25, 0.3) is 5.65 Å². The molecule has 96 valence electrons. The van der Waals surface area contributed by atoms with Gasteiger partial charge in [-0.15, -0.1) is 5.10 Å². The lowest BCUT2D eigenvalue weighted by atomic mass is 10.3. The van der Waals surface area contributed by atoms with Gasteiger partial charge < -0.3 is 10.1 Å². The average molecular weight is 246 g/mol. The summed E-state index contributed by atoms with van der Waals surface area (Å²) in [5.74, 6) is 0.663. The molecule has 5 heteroatoms. The van der Waals surface area contributed by atoms with Crippen molar-refractivity contribution in [2.75, 3.05) is 18.5 Å². The summed E-state index contributed by atoms with van der Waals surface area (Å²) in [5.41, 5.74) is 0.858. The number of fused-ring (bicyclic) bond motifs is 1. The number of aromatic nitrogens is 3. The Bertz CT molecular complexity index is 471. The molecule has 0 radical (unpaired) electrons. The van der Waals surface area contributed by atoms with E-state index in [9.17, 15) is 0 Å². The molecule has 2 aromatic heterocycles. The van der Waals surface area contributed by atoms with Gasteiger partial charge in [0.05, 0.1) is 12.7 Å². The number of ether oxygens (including phenoxy) is 1. The van der Waals surface area contributed by atoms with Gasteiger partial charge in [0.2, 0.25) is 5.95 Å². The van der Waals surface area contributed by atoms with Crippen LogP contribution in [0.2, 0.25) is 0 Å². The maximum absolute atomic E-state index is 5.77. The van der Waals surface area contributed by atoms with Crippen LogP contribution in [0.1, 0.15) is 25.7 Å². The van der Waals surface area contributed by atoms with E-state index in [1.807, 2.05) is 24.4 Å². The Morgan fingerprint density at radius 3 is 3.06 bits per heavy atom. The highest BCUT2D eigenvalue weighted by Gasteiger charge is 2.14. The van der Waals surface area contributed by atoms with Crippen molar-refractivity contribution in [2.45, 2.75) is 31.8 Å². The zero-order valence-electron chi connectivity index (χ0n) is 10.4. The van der Waals surface area contributed by atoms with E-state index >= 15 is 0 Å². The van der Waals surface area contributed by atoms with Crippen molar-refractivity contribution in [3.8, 4) is 0 Å². The topological polar surface area (TPSA) is 51.5 Å². The quantitative estimate of drug-likeness (QED) is 0.821. The maximum atomic E-state index is 5.77. The van der Waals surface area contributed by atoms with Gasteiger partial charge in [0, 0.05) is 12.7 Å². The zero-order valence-corrected chi connectivity index (χ0v) is 10.4. The third-order valence-electron chi connectivity index (χ3n) is 3.28. The molecule has 1 aliphatic carbocycles. The summed E-state index contributed by atoms with van der Waals surface area (Å²) in [6.45, 7) is 1.48. The summed E-state index contributed by atoms with van der Waals surface area (Å²) in [6.07, 6.45) is 7.42. The molecule has 0 bridgehead atoms. The van der Waals surface area contributed by atoms with Gasteiger partial charge in [-0.3, -0.25) is 0 Å². The molecule has 2 heterocycles. The zero-order chi connectivity index (χ0) is 12.2. The molecule has 1 N–H and O–H groups in total. The Balaban J connectivity index is 1.47. The lowest BCUT2D eigenvalue weighted by Gasteiger charge is -2.10. The van der Waals surface area contributed by atoms with Gasteiger partial charge in [0.1, 0.15) is 0 Å². The molecule has 0 atom stereocenters. The Morgan fingerprint density at radius 2 is 2.22 bits per heavy atom. The van der Waals surface area contributed by atoms with Crippen molar-refractivity contribution in [2.24, 2.45) is 0 Å². The fourth-order valence-corrected chi connectivity index (χ4v) is 2.35. The largest absolute Gasteiger partial charge is 0.376 e. The summed E-state index contributed by atoms with van der Waals surface area (Å²) >= 11 is 0. The molecule has 3 rings (SSSR count). The average Bonchev–Trinajstić information content (AvgIpc) is 3.03. The van der Waals surface area contributed by atoms with Crippen LogP contribution in [-0.2, 0) is 4.74 Å². The second-order valence-electron chi connectivity index (χ2n) is 4.64. The van der Waals surface area contributed by atoms with Gasteiger partial charge in [-0.25, -0.2) is 4.52 Å². The van der Waals surface area contributed by atoms with E-state index in [4.69, 9.17) is 4.74 Å². The van der Waals surface area contributed by atoms with E-state index in [0.29, 0.717) is 12.1 Å². The summed E-state index contributed by atoms with van der Waals surface area (Å²) in [6, 6.07) is 5.83. The molecule has 18 heavy (non-hydrogen) atoms. The summed E-state index contributed by atoms with van der Waals surface area (Å²) in [5, 5.41) is 7.51. The predicted molar refractivity (Wildman–Crippen MR) is 69.7 cm³/mol. The first-order chi connectivity index (χ1) is 8.92. The Morgan fingerprint density at radius 1 is 1.33 bits per heavy atom. The van der Waals surface area contributed by atoms with Crippen LogP contribution >= 0.6 is 0 Å². The molecule has 5 nitrogen and oxygen atoms in total. The molecule has 1 aliphatic rings. The predicted octanol–water partition coefficient (Wildman–Crippen LogP) is 2.10. The van der Waals surface area contributed by atoms with Crippen LogP contribution in [0.15, 0.2) is 24.4 Å². The molecule has 0 unspecified atom stereocenters. The maximum Gasteiger partial charge on any atom is 0.243 e. The fraction of sp³-hybridized carbons (Fsp3) is 0.538. The number of pyridine rings is 1.